The minimum Gasteiger partial charge on any atom is -0.481 e. The highest BCUT2D eigenvalue weighted by molar-refractivity contribution is 5.95. The summed E-state index contributed by atoms with van der Waals surface area (Å²) in [5.41, 5.74) is 0.582. The standard InChI is InChI=1S/C15H17NO5/c17-14(18)4-1-10-5-6-16(8-10)15(19)11-2-3-12-13(7-11)21-9-20-12/h2-3,7,10H,1,4-6,8-9H2,(H,17,18). The van der Waals surface area contributed by atoms with Crippen LogP contribution >= 0.6 is 0 Å². The van der Waals surface area contributed by atoms with Crippen LogP contribution in [0.25, 0.3) is 0 Å². The fourth-order valence-electron chi connectivity index (χ4n) is 2.79. The van der Waals surface area contributed by atoms with Gasteiger partial charge in [-0.25, -0.2) is 0 Å². The molecule has 1 amide bonds. The topological polar surface area (TPSA) is 76.1 Å². The molecule has 2 heterocycles. The Bertz CT molecular complexity index is 571. The van der Waals surface area contributed by atoms with Crippen LogP contribution in [0.4, 0.5) is 0 Å². The molecule has 0 radical (unpaired) electrons. The Labute approximate surface area is 122 Å². The SMILES string of the molecule is O=C(O)CCC1CCN(C(=O)c2ccc3c(c2)OCO3)C1. The second-order valence-corrected chi connectivity index (χ2v) is 5.41. The molecule has 0 saturated carbocycles. The fourth-order valence-corrected chi connectivity index (χ4v) is 2.79. The lowest BCUT2D eigenvalue weighted by Crippen LogP contribution is -2.28. The monoisotopic (exact) mass is 291 g/mol. The quantitative estimate of drug-likeness (QED) is 0.914. The maximum Gasteiger partial charge on any atom is 0.303 e. The van der Waals surface area contributed by atoms with Crippen LogP contribution in [0.2, 0.25) is 0 Å². The number of hydrogen-bond acceptors (Lipinski definition) is 4. The van der Waals surface area contributed by atoms with E-state index in [-0.39, 0.29) is 25.0 Å². The summed E-state index contributed by atoms with van der Waals surface area (Å²) in [7, 11) is 0. The maximum atomic E-state index is 12.4. The molecule has 2 aliphatic heterocycles. The van der Waals surface area contributed by atoms with Crippen molar-refractivity contribution in [2.75, 3.05) is 19.9 Å². The highest BCUT2D eigenvalue weighted by atomic mass is 16.7. The first-order chi connectivity index (χ1) is 10.1. The van der Waals surface area contributed by atoms with Crippen LogP contribution in [0, 0.1) is 5.92 Å². The van der Waals surface area contributed by atoms with Gasteiger partial charge in [-0.1, -0.05) is 0 Å². The van der Waals surface area contributed by atoms with Crippen LogP contribution in [0.1, 0.15) is 29.6 Å². The van der Waals surface area contributed by atoms with Gasteiger partial charge in [-0.3, -0.25) is 9.59 Å². The van der Waals surface area contributed by atoms with Crippen molar-refractivity contribution >= 4 is 11.9 Å². The summed E-state index contributed by atoms with van der Waals surface area (Å²) in [6, 6.07) is 5.18. The van der Waals surface area contributed by atoms with E-state index >= 15 is 0 Å². The van der Waals surface area contributed by atoms with Crippen LogP contribution in [0.5, 0.6) is 11.5 Å². The van der Waals surface area contributed by atoms with E-state index in [4.69, 9.17) is 14.6 Å². The van der Waals surface area contributed by atoms with Gasteiger partial charge in [0.1, 0.15) is 0 Å². The molecule has 112 valence electrons. The van der Waals surface area contributed by atoms with Crippen molar-refractivity contribution in [3.8, 4) is 11.5 Å². The van der Waals surface area contributed by atoms with Gasteiger partial charge in [-0.15, -0.1) is 0 Å². The lowest BCUT2D eigenvalue weighted by atomic mass is 10.0. The smallest absolute Gasteiger partial charge is 0.303 e. The molecule has 0 aromatic heterocycles. The molecule has 0 spiro atoms. The molecule has 21 heavy (non-hydrogen) atoms. The Morgan fingerprint density at radius 2 is 2.10 bits per heavy atom. The first kappa shape index (κ1) is 13.7. The summed E-state index contributed by atoms with van der Waals surface area (Å²) >= 11 is 0. The van der Waals surface area contributed by atoms with Crippen LogP contribution in [0.15, 0.2) is 18.2 Å². The van der Waals surface area contributed by atoms with E-state index in [1.165, 1.54) is 0 Å². The summed E-state index contributed by atoms with van der Waals surface area (Å²) in [5.74, 6) is 0.718. The third-order valence-electron chi connectivity index (χ3n) is 3.96. The number of carbonyl (C=O) groups excluding carboxylic acids is 1. The van der Waals surface area contributed by atoms with Crippen LogP contribution in [0.3, 0.4) is 0 Å². The number of aliphatic carboxylic acids is 1. The van der Waals surface area contributed by atoms with Crippen molar-refractivity contribution in [1.82, 2.24) is 4.90 Å². The third kappa shape index (κ3) is 2.94. The zero-order valence-electron chi connectivity index (χ0n) is 11.6. The highest BCUT2D eigenvalue weighted by Crippen LogP contribution is 2.33. The number of nitrogens with zero attached hydrogens (tertiary/aromatic N) is 1. The summed E-state index contributed by atoms with van der Waals surface area (Å²) in [6.45, 7) is 1.49. The van der Waals surface area contributed by atoms with Crippen molar-refractivity contribution in [3.63, 3.8) is 0 Å². The van der Waals surface area contributed by atoms with Gasteiger partial charge in [0, 0.05) is 25.1 Å². The largest absolute Gasteiger partial charge is 0.481 e. The molecule has 1 fully saturated rings. The van der Waals surface area contributed by atoms with Gasteiger partial charge in [0.2, 0.25) is 6.79 Å². The third-order valence-corrected chi connectivity index (χ3v) is 3.96. The number of benzene rings is 1. The molecular formula is C15H17NO5. The second-order valence-electron chi connectivity index (χ2n) is 5.41. The number of carboxylic acids is 1. The molecule has 1 N–H and O–H groups in total. The van der Waals surface area contributed by atoms with Crippen LogP contribution in [-0.2, 0) is 4.79 Å². The predicted molar refractivity (Wildman–Crippen MR) is 73.4 cm³/mol. The van der Waals surface area contributed by atoms with Gasteiger partial charge < -0.3 is 19.5 Å². The van der Waals surface area contributed by atoms with E-state index in [9.17, 15) is 9.59 Å². The number of ether oxygens (including phenoxy) is 2. The molecule has 2 aliphatic rings. The minimum atomic E-state index is -0.782. The Morgan fingerprint density at radius 1 is 1.29 bits per heavy atom. The Balaban J connectivity index is 1.62. The number of fused-ring (bicyclic) bond motifs is 1. The van der Waals surface area contributed by atoms with Gasteiger partial charge in [-0.2, -0.15) is 0 Å². The van der Waals surface area contributed by atoms with Crippen molar-refractivity contribution in [2.24, 2.45) is 5.92 Å². The van der Waals surface area contributed by atoms with Crippen molar-refractivity contribution in [1.29, 1.82) is 0 Å². The molecule has 0 bridgehead atoms. The number of hydrogen-bond donors (Lipinski definition) is 1. The van der Waals surface area contributed by atoms with E-state index in [0.717, 1.165) is 6.42 Å². The number of carboxylic acid groups (broad SMARTS) is 1. The van der Waals surface area contributed by atoms with Crippen molar-refractivity contribution < 1.29 is 24.2 Å². The maximum absolute atomic E-state index is 12.4. The van der Waals surface area contributed by atoms with E-state index in [2.05, 4.69) is 0 Å². The highest BCUT2D eigenvalue weighted by Gasteiger charge is 2.28. The number of carbonyl (C=O) groups is 2. The molecule has 0 aliphatic carbocycles. The molecule has 1 aromatic carbocycles. The molecule has 6 nitrogen and oxygen atoms in total. The summed E-state index contributed by atoms with van der Waals surface area (Å²) in [5, 5.41) is 8.71. The van der Waals surface area contributed by atoms with E-state index < -0.39 is 5.97 Å². The average molecular weight is 291 g/mol. The molecule has 3 rings (SSSR count). The summed E-state index contributed by atoms with van der Waals surface area (Å²) in [4.78, 5) is 24.8. The van der Waals surface area contributed by atoms with Crippen LogP contribution in [-0.4, -0.2) is 41.8 Å². The average Bonchev–Trinajstić information content (AvgIpc) is 3.12. The van der Waals surface area contributed by atoms with Gasteiger partial charge in [0.15, 0.2) is 11.5 Å². The molecule has 1 unspecified atom stereocenters. The zero-order chi connectivity index (χ0) is 14.8. The number of rotatable bonds is 4. The van der Waals surface area contributed by atoms with Crippen molar-refractivity contribution in [3.05, 3.63) is 23.8 Å². The lowest BCUT2D eigenvalue weighted by molar-refractivity contribution is -0.137. The Morgan fingerprint density at radius 3 is 2.90 bits per heavy atom. The normalized spacial score (nSPS) is 19.8. The number of amides is 1. The molecule has 1 atom stereocenters. The van der Waals surface area contributed by atoms with Gasteiger partial charge in [0.05, 0.1) is 0 Å². The van der Waals surface area contributed by atoms with Crippen molar-refractivity contribution in [2.45, 2.75) is 19.3 Å². The van der Waals surface area contributed by atoms with E-state index in [1.54, 1.807) is 23.1 Å². The summed E-state index contributed by atoms with van der Waals surface area (Å²) in [6.07, 6.45) is 1.65. The first-order valence-corrected chi connectivity index (χ1v) is 7.04. The molecule has 1 aromatic rings. The number of likely N-dealkylation sites (tertiary alicyclic amines) is 1. The van der Waals surface area contributed by atoms with Crippen LogP contribution < -0.4 is 9.47 Å². The molecular weight excluding hydrogens is 274 g/mol. The van der Waals surface area contributed by atoms with Gasteiger partial charge in [0.25, 0.3) is 5.91 Å². The Hall–Kier alpha value is -2.24. The van der Waals surface area contributed by atoms with Gasteiger partial charge in [-0.05, 0) is 37.0 Å². The van der Waals surface area contributed by atoms with E-state index in [1.807, 2.05) is 0 Å². The van der Waals surface area contributed by atoms with Gasteiger partial charge >= 0.3 is 5.97 Å². The minimum absolute atomic E-state index is 0.0360. The Kier molecular flexibility index (Phi) is 3.68. The zero-order valence-corrected chi connectivity index (χ0v) is 11.6. The lowest BCUT2D eigenvalue weighted by Gasteiger charge is -2.16. The predicted octanol–water partition coefficient (Wildman–Crippen LogP) is 1.74. The summed E-state index contributed by atoms with van der Waals surface area (Å²) < 4.78 is 10.5. The molecule has 1 saturated heterocycles. The molecule has 6 heteroatoms. The first-order valence-electron chi connectivity index (χ1n) is 7.04. The van der Waals surface area contributed by atoms with E-state index in [0.29, 0.717) is 36.6 Å². The second kappa shape index (κ2) is 5.63. The fraction of sp³-hybridized carbons (Fsp3) is 0.467.